The minimum atomic E-state index is -0.494. The molecule has 28 heavy (non-hydrogen) atoms. The van der Waals surface area contributed by atoms with Crippen LogP contribution in [-0.4, -0.2) is 73.0 Å². The summed E-state index contributed by atoms with van der Waals surface area (Å²) in [4.78, 5) is 39.9. The molecule has 3 N–H and O–H groups in total. The van der Waals surface area contributed by atoms with Crippen molar-refractivity contribution in [3.8, 4) is 0 Å². The first-order valence-electron chi connectivity index (χ1n) is 9.85. The SMILES string of the molecule is NC(=O)c1ccc(NC(=O)CCN2CCCN(C(=O)C3CCCO3)CC2)cc1. The number of nitrogens with one attached hydrogen (secondary N) is 1. The Balaban J connectivity index is 1.41. The molecule has 1 aromatic rings. The van der Waals surface area contributed by atoms with Crippen molar-refractivity contribution in [3.05, 3.63) is 29.8 Å². The number of hydrogen-bond acceptors (Lipinski definition) is 5. The summed E-state index contributed by atoms with van der Waals surface area (Å²) in [5.74, 6) is -0.467. The second-order valence-corrected chi connectivity index (χ2v) is 7.26. The van der Waals surface area contributed by atoms with Gasteiger partial charge in [0.2, 0.25) is 11.8 Å². The van der Waals surface area contributed by atoms with Crippen LogP contribution in [-0.2, 0) is 14.3 Å². The Kier molecular flexibility index (Phi) is 7.00. The Morgan fingerprint density at radius 3 is 2.54 bits per heavy atom. The summed E-state index contributed by atoms with van der Waals surface area (Å²) in [6.45, 7) is 4.38. The molecule has 2 saturated heterocycles. The molecule has 2 fully saturated rings. The first-order valence-corrected chi connectivity index (χ1v) is 9.85. The van der Waals surface area contributed by atoms with Gasteiger partial charge in [-0.2, -0.15) is 0 Å². The number of carbonyl (C=O) groups excluding carboxylic acids is 3. The third-order valence-electron chi connectivity index (χ3n) is 5.21. The number of nitrogens with two attached hydrogens (primary N) is 1. The van der Waals surface area contributed by atoms with Gasteiger partial charge < -0.3 is 25.6 Å². The molecular formula is C20H28N4O4. The molecule has 8 heteroatoms. The molecule has 0 radical (unpaired) electrons. The summed E-state index contributed by atoms with van der Waals surface area (Å²) in [5.41, 5.74) is 6.25. The van der Waals surface area contributed by atoms with Gasteiger partial charge in [-0.05, 0) is 50.1 Å². The Bertz CT molecular complexity index is 701. The maximum absolute atomic E-state index is 12.5. The molecule has 2 heterocycles. The molecular weight excluding hydrogens is 360 g/mol. The second kappa shape index (κ2) is 9.66. The number of ether oxygens (including phenoxy) is 1. The number of rotatable bonds is 6. The van der Waals surface area contributed by atoms with E-state index in [9.17, 15) is 14.4 Å². The number of anilines is 1. The summed E-state index contributed by atoms with van der Waals surface area (Å²) in [7, 11) is 0. The minimum Gasteiger partial charge on any atom is -0.368 e. The maximum atomic E-state index is 12.5. The molecule has 1 aromatic carbocycles. The van der Waals surface area contributed by atoms with E-state index >= 15 is 0 Å². The molecule has 152 valence electrons. The van der Waals surface area contributed by atoms with Crippen molar-refractivity contribution in [2.24, 2.45) is 5.73 Å². The van der Waals surface area contributed by atoms with Crippen LogP contribution in [0.15, 0.2) is 24.3 Å². The molecule has 1 unspecified atom stereocenters. The molecule has 0 aromatic heterocycles. The standard InChI is InChI=1S/C20H28N4O4/c21-19(26)15-4-6-16(7-5-15)22-18(25)8-11-23-9-2-10-24(13-12-23)20(27)17-3-1-14-28-17/h4-7,17H,1-3,8-14H2,(H2,21,26)(H,22,25). The fourth-order valence-corrected chi connectivity index (χ4v) is 3.59. The quantitative estimate of drug-likeness (QED) is 0.751. The van der Waals surface area contributed by atoms with Gasteiger partial charge in [0.15, 0.2) is 0 Å². The van der Waals surface area contributed by atoms with Gasteiger partial charge in [-0.1, -0.05) is 0 Å². The molecule has 0 bridgehead atoms. The van der Waals surface area contributed by atoms with Crippen molar-refractivity contribution >= 4 is 23.4 Å². The van der Waals surface area contributed by atoms with E-state index in [0.717, 1.165) is 38.9 Å². The van der Waals surface area contributed by atoms with Gasteiger partial charge in [-0.15, -0.1) is 0 Å². The van der Waals surface area contributed by atoms with E-state index in [4.69, 9.17) is 10.5 Å². The van der Waals surface area contributed by atoms with Crippen LogP contribution in [0.1, 0.15) is 36.0 Å². The predicted octanol–water partition coefficient (Wildman–Crippen LogP) is 0.827. The van der Waals surface area contributed by atoms with E-state index in [0.29, 0.717) is 37.4 Å². The van der Waals surface area contributed by atoms with Crippen LogP contribution in [0.4, 0.5) is 5.69 Å². The first kappa shape index (κ1) is 20.3. The molecule has 2 aliphatic rings. The Hall–Kier alpha value is -2.45. The van der Waals surface area contributed by atoms with E-state index < -0.39 is 5.91 Å². The Morgan fingerprint density at radius 2 is 1.86 bits per heavy atom. The normalized spacial score (nSPS) is 20.6. The topological polar surface area (TPSA) is 105 Å². The smallest absolute Gasteiger partial charge is 0.251 e. The average Bonchev–Trinajstić information content (AvgIpc) is 3.12. The monoisotopic (exact) mass is 388 g/mol. The van der Waals surface area contributed by atoms with Gasteiger partial charge >= 0.3 is 0 Å². The van der Waals surface area contributed by atoms with E-state index in [1.54, 1.807) is 24.3 Å². The van der Waals surface area contributed by atoms with Crippen LogP contribution in [0, 0.1) is 0 Å². The fraction of sp³-hybridized carbons (Fsp3) is 0.550. The molecule has 2 aliphatic heterocycles. The highest BCUT2D eigenvalue weighted by Gasteiger charge is 2.29. The minimum absolute atomic E-state index is 0.0802. The highest BCUT2D eigenvalue weighted by molar-refractivity contribution is 5.94. The molecule has 8 nitrogen and oxygen atoms in total. The van der Waals surface area contributed by atoms with Crippen molar-refractivity contribution in [3.63, 3.8) is 0 Å². The zero-order chi connectivity index (χ0) is 19.9. The Morgan fingerprint density at radius 1 is 1.07 bits per heavy atom. The molecule has 0 spiro atoms. The lowest BCUT2D eigenvalue weighted by molar-refractivity contribution is -0.140. The summed E-state index contributed by atoms with van der Waals surface area (Å²) in [6.07, 6.45) is 2.78. The first-order chi connectivity index (χ1) is 13.5. The number of nitrogens with zero attached hydrogens (tertiary/aromatic N) is 2. The summed E-state index contributed by atoms with van der Waals surface area (Å²) in [6, 6.07) is 6.51. The number of primary amides is 1. The van der Waals surface area contributed by atoms with E-state index in [1.807, 2.05) is 4.90 Å². The highest BCUT2D eigenvalue weighted by Crippen LogP contribution is 2.16. The average molecular weight is 388 g/mol. The lowest BCUT2D eigenvalue weighted by Crippen LogP contribution is -2.41. The Labute approximate surface area is 165 Å². The summed E-state index contributed by atoms with van der Waals surface area (Å²) >= 11 is 0. The second-order valence-electron chi connectivity index (χ2n) is 7.26. The van der Waals surface area contributed by atoms with Crippen molar-refractivity contribution < 1.29 is 19.1 Å². The van der Waals surface area contributed by atoms with Crippen LogP contribution in [0.2, 0.25) is 0 Å². The van der Waals surface area contributed by atoms with Crippen molar-refractivity contribution in [1.82, 2.24) is 9.80 Å². The van der Waals surface area contributed by atoms with Crippen molar-refractivity contribution in [1.29, 1.82) is 0 Å². The summed E-state index contributed by atoms with van der Waals surface area (Å²) < 4.78 is 5.51. The predicted molar refractivity (Wildman–Crippen MR) is 105 cm³/mol. The molecule has 0 saturated carbocycles. The van der Waals surface area contributed by atoms with Gasteiger partial charge in [0.25, 0.3) is 5.91 Å². The molecule has 0 aliphatic carbocycles. The fourth-order valence-electron chi connectivity index (χ4n) is 3.59. The number of benzene rings is 1. The molecule has 1 atom stereocenters. The van der Waals surface area contributed by atoms with Crippen molar-refractivity contribution in [2.45, 2.75) is 31.8 Å². The lowest BCUT2D eigenvalue weighted by atomic mass is 10.2. The third kappa shape index (κ3) is 5.53. The maximum Gasteiger partial charge on any atom is 0.251 e. The van der Waals surface area contributed by atoms with Crippen LogP contribution in [0.5, 0.6) is 0 Å². The highest BCUT2D eigenvalue weighted by atomic mass is 16.5. The molecule has 3 amide bonds. The lowest BCUT2D eigenvalue weighted by Gasteiger charge is -2.24. The zero-order valence-electron chi connectivity index (χ0n) is 16.1. The molecule has 3 rings (SSSR count). The number of carbonyl (C=O) groups is 3. The van der Waals surface area contributed by atoms with Crippen molar-refractivity contribution in [2.75, 3.05) is 44.6 Å². The van der Waals surface area contributed by atoms with Crippen LogP contribution >= 0.6 is 0 Å². The largest absolute Gasteiger partial charge is 0.368 e. The van der Waals surface area contributed by atoms with Crippen LogP contribution in [0.25, 0.3) is 0 Å². The summed E-state index contributed by atoms with van der Waals surface area (Å²) in [5, 5.41) is 2.83. The third-order valence-corrected chi connectivity index (χ3v) is 5.21. The van der Waals surface area contributed by atoms with Gasteiger partial charge in [-0.25, -0.2) is 0 Å². The zero-order valence-corrected chi connectivity index (χ0v) is 16.1. The van der Waals surface area contributed by atoms with Gasteiger partial charge in [0.1, 0.15) is 6.10 Å². The van der Waals surface area contributed by atoms with E-state index in [-0.39, 0.29) is 17.9 Å². The number of hydrogen-bond donors (Lipinski definition) is 2. The van der Waals surface area contributed by atoms with Gasteiger partial charge in [-0.3, -0.25) is 14.4 Å². The van der Waals surface area contributed by atoms with Crippen LogP contribution < -0.4 is 11.1 Å². The van der Waals surface area contributed by atoms with E-state index in [2.05, 4.69) is 10.2 Å². The van der Waals surface area contributed by atoms with Crippen LogP contribution in [0.3, 0.4) is 0 Å². The van der Waals surface area contributed by atoms with Gasteiger partial charge in [0.05, 0.1) is 0 Å². The number of amides is 3. The van der Waals surface area contributed by atoms with Gasteiger partial charge in [0, 0.05) is 50.5 Å². The van der Waals surface area contributed by atoms with E-state index in [1.165, 1.54) is 0 Å².